The SMILES string of the molecule is N=C(N)NN1C(C(C=Cc2ccc(C(F)(F)F)cc2)=NNC2=NCCCCN2)=C1c1ccc(C(F)(F)F)cc1. The fourth-order valence-corrected chi connectivity index (χ4v) is 3.72. The number of allylic oxidation sites excluding steroid dienone is 1. The molecular weight excluding hydrogens is 526 g/mol. The second-order valence-electron chi connectivity index (χ2n) is 8.56. The van der Waals surface area contributed by atoms with Crippen LogP contribution in [-0.2, 0) is 12.4 Å². The highest BCUT2D eigenvalue weighted by molar-refractivity contribution is 6.20. The molecule has 2 aromatic carbocycles. The Hall–Kier alpha value is -4.49. The van der Waals surface area contributed by atoms with Gasteiger partial charge in [0.15, 0.2) is 0 Å². The van der Waals surface area contributed by atoms with E-state index in [4.69, 9.17) is 11.1 Å². The normalized spacial score (nSPS) is 16.5. The first-order valence-electron chi connectivity index (χ1n) is 11.7. The van der Waals surface area contributed by atoms with Crippen LogP contribution < -0.4 is 21.9 Å². The molecule has 0 saturated heterocycles. The van der Waals surface area contributed by atoms with E-state index in [1.165, 1.54) is 41.4 Å². The van der Waals surface area contributed by atoms with E-state index >= 15 is 0 Å². The second-order valence-corrected chi connectivity index (χ2v) is 8.56. The molecule has 39 heavy (non-hydrogen) atoms. The zero-order valence-electron chi connectivity index (χ0n) is 20.3. The van der Waals surface area contributed by atoms with E-state index in [1.807, 2.05) is 0 Å². The van der Waals surface area contributed by atoms with Crippen molar-refractivity contribution in [2.24, 2.45) is 15.8 Å². The van der Waals surface area contributed by atoms with Crippen LogP contribution in [0.15, 0.2) is 70.4 Å². The van der Waals surface area contributed by atoms with Gasteiger partial charge in [-0.2, -0.15) is 31.4 Å². The van der Waals surface area contributed by atoms with E-state index in [1.54, 1.807) is 0 Å². The van der Waals surface area contributed by atoms with E-state index in [2.05, 4.69) is 26.3 Å². The Morgan fingerprint density at radius 3 is 2.18 bits per heavy atom. The molecule has 2 heterocycles. The molecule has 206 valence electrons. The zero-order valence-corrected chi connectivity index (χ0v) is 20.3. The van der Waals surface area contributed by atoms with E-state index in [9.17, 15) is 26.3 Å². The molecule has 0 atom stereocenters. The van der Waals surface area contributed by atoms with Crippen molar-refractivity contribution >= 4 is 29.4 Å². The fraction of sp³-hybridized carbons (Fsp3) is 0.240. The minimum absolute atomic E-state index is 0.257. The van der Waals surface area contributed by atoms with Crippen molar-refractivity contribution in [2.75, 3.05) is 13.1 Å². The quantitative estimate of drug-likeness (QED) is 0.157. The highest BCUT2D eigenvalue weighted by Gasteiger charge is 2.39. The monoisotopic (exact) mass is 550 g/mol. The Morgan fingerprint density at radius 2 is 1.59 bits per heavy atom. The van der Waals surface area contributed by atoms with Gasteiger partial charge in [-0.15, -0.1) is 0 Å². The number of hydrogen-bond acceptors (Lipinski definition) is 6. The Bertz CT molecular complexity index is 1320. The van der Waals surface area contributed by atoms with Gasteiger partial charge in [0.25, 0.3) is 0 Å². The van der Waals surface area contributed by atoms with Crippen LogP contribution in [0.5, 0.6) is 0 Å². The summed E-state index contributed by atoms with van der Waals surface area (Å²) < 4.78 is 77.9. The van der Waals surface area contributed by atoms with Gasteiger partial charge >= 0.3 is 12.4 Å². The number of hydrazone groups is 1. The molecule has 14 heteroatoms. The first kappa shape index (κ1) is 27.5. The standard InChI is InChI=1S/C25H24F6N8/c26-24(27,28)17-8-3-15(4-9-17)5-12-19(36-37-23-34-13-1-2-14-35-23)21-20(39(21)38-22(32)33)16-6-10-18(11-7-16)25(29,30)31/h3-12H,1-2,13-14H2,(H4,32,33,38)(H2,34,35,37). The van der Waals surface area contributed by atoms with Crippen LogP contribution in [0.4, 0.5) is 26.3 Å². The van der Waals surface area contributed by atoms with E-state index in [0.29, 0.717) is 41.6 Å². The highest BCUT2D eigenvalue weighted by Crippen LogP contribution is 2.41. The van der Waals surface area contributed by atoms with Crippen molar-refractivity contribution in [2.45, 2.75) is 25.2 Å². The summed E-state index contributed by atoms with van der Waals surface area (Å²) >= 11 is 0. The molecule has 0 spiro atoms. The Balaban J connectivity index is 1.69. The molecular formula is C25H24F6N8. The molecule has 0 saturated carbocycles. The Kier molecular flexibility index (Phi) is 7.83. The molecule has 0 fully saturated rings. The average Bonchev–Trinajstić information content (AvgIpc) is 3.62. The lowest BCUT2D eigenvalue weighted by Gasteiger charge is -2.11. The highest BCUT2D eigenvalue weighted by atomic mass is 19.4. The van der Waals surface area contributed by atoms with Crippen LogP contribution in [0.3, 0.4) is 0 Å². The van der Waals surface area contributed by atoms with Crippen molar-refractivity contribution in [1.82, 2.24) is 21.2 Å². The van der Waals surface area contributed by atoms with Gasteiger partial charge in [0.1, 0.15) is 11.4 Å². The van der Waals surface area contributed by atoms with Crippen LogP contribution >= 0.6 is 0 Å². The second kappa shape index (κ2) is 11.1. The molecule has 2 aromatic rings. The van der Waals surface area contributed by atoms with Crippen molar-refractivity contribution in [3.05, 3.63) is 82.6 Å². The smallest absolute Gasteiger partial charge is 0.369 e. The van der Waals surface area contributed by atoms with E-state index < -0.39 is 29.4 Å². The molecule has 0 aromatic heterocycles. The number of hydrazine groups is 1. The maximum absolute atomic E-state index is 13.1. The number of hydrogen-bond donors (Lipinski definition) is 5. The maximum atomic E-state index is 13.1. The third kappa shape index (κ3) is 7.09. The lowest BCUT2D eigenvalue weighted by molar-refractivity contribution is -0.138. The van der Waals surface area contributed by atoms with E-state index in [-0.39, 0.29) is 5.71 Å². The van der Waals surface area contributed by atoms with Crippen LogP contribution in [0.1, 0.15) is 35.1 Å². The summed E-state index contributed by atoms with van der Waals surface area (Å²) in [5.41, 5.74) is 11.2. The summed E-state index contributed by atoms with van der Waals surface area (Å²) in [6.45, 7) is 1.26. The number of rotatable bonds is 6. The summed E-state index contributed by atoms with van der Waals surface area (Å²) in [6.07, 6.45) is -4.12. The lowest BCUT2D eigenvalue weighted by atomic mass is 10.1. The Morgan fingerprint density at radius 1 is 0.974 bits per heavy atom. The zero-order chi connectivity index (χ0) is 28.2. The molecule has 0 aliphatic carbocycles. The number of halogens is 6. The topological polar surface area (TPSA) is 114 Å². The van der Waals surface area contributed by atoms with Gasteiger partial charge < -0.3 is 11.1 Å². The van der Waals surface area contributed by atoms with Crippen molar-refractivity contribution in [3.8, 4) is 0 Å². The number of nitrogens with zero attached hydrogens (tertiary/aromatic N) is 3. The number of benzene rings is 2. The van der Waals surface area contributed by atoms with Gasteiger partial charge in [0, 0.05) is 18.7 Å². The van der Waals surface area contributed by atoms with Crippen LogP contribution in [0, 0.1) is 5.41 Å². The molecule has 2 aliphatic rings. The number of alkyl halides is 6. The van der Waals surface area contributed by atoms with Crippen LogP contribution in [0.25, 0.3) is 11.8 Å². The predicted octanol–water partition coefficient (Wildman–Crippen LogP) is 4.50. The fourth-order valence-electron chi connectivity index (χ4n) is 3.72. The van der Waals surface area contributed by atoms with Crippen molar-refractivity contribution in [3.63, 3.8) is 0 Å². The van der Waals surface area contributed by atoms with Gasteiger partial charge in [-0.3, -0.25) is 15.8 Å². The number of nitrogens with one attached hydrogen (secondary N) is 4. The minimum atomic E-state index is -4.51. The Labute approximate surface area is 219 Å². The first-order chi connectivity index (χ1) is 18.4. The summed E-state index contributed by atoms with van der Waals surface area (Å²) in [6, 6.07) is 8.92. The first-order valence-corrected chi connectivity index (χ1v) is 11.7. The average molecular weight is 551 g/mol. The number of nitrogens with two attached hydrogens (primary N) is 1. The largest absolute Gasteiger partial charge is 0.416 e. The predicted molar refractivity (Wildman–Crippen MR) is 136 cm³/mol. The summed E-state index contributed by atoms with van der Waals surface area (Å²) in [4.78, 5) is 4.35. The third-order valence-electron chi connectivity index (χ3n) is 5.68. The minimum Gasteiger partial charge on any atom is -0.369 e. The summed E-state index contributed by atoms with van der Waals surface area (Å²) in [5.74, 6) is -0.0143. The van der Waals surface area contributed by atoms with E-state index in [0.717, 1.165) is 37.1 Å². The summed E-state index contributed by atoms with van der Waals surface area (Å²) in [5, 5.41) is 16.5. The van der Waals surface area contributed by atoms with Gasteiger partial charge in [0.2, 0.25) is 11.9 Å². The summed E-state index contributed by atoms with van der Waals surface area (Å²) in [7, 11) is 0. The van der Waals surface area contributed by atoms with Gasteiger partial charge in [-0.1, -0.05) is 30.3 Å². The molecule has 0 amide bonds. The van der Waals surface area contributed by atoms with Gasteiger partial charge in [0.05, 0.1) is 16.8 Å². The molecule has 0 unspecified atom stereocenters. The van der Waals surface area contributed by atoms with Gasteiger partial charge in [-0.25, -0.2) is 10.4 Å². The molecule has 8 nitrogen and oxygen atoms in total. The lowest BCUT2D eigenvalue weighted by Crippen LogP contribution is -2.37. The van der Waals surface area contributed by atoms with Crippen molar-refractivity contribution < 1.29 is 26.3 Å². The molecule has 4 rings (SSSR count). The maximum Gasteiger partial charge on any atom is 0.416 e. The molecule has 0 bridgehead atoms. The molecule has 6 N–H and O–H groups in total. The van der Waals surface area contributed by atoms with Crippen LogP contribution in [0.2, 0.25) is 0 Å². The van der Waals surface area contributed by atoms with Crippen molar-refractivity contribution in [1.29, 1.82) is 5.41 Å². The third-order valence-corrected chi connectivity index (χ3v) is 5.68. The van der Waals surface area contributed by atoms with Gasteiger partial charge in [-0.05, 0) is 48.7 Å². The number of guanidine groups is 2. The number of aliphatic imine (C=N–C) groups is 1. The van der Waals surface area contributed by atoms with Crippen LogP contribution in [-0.4, -0.2) is 35.7 Å². The molecule has 2 aliphatic heterocycles. The molecule has 0 radical (unpaired) electrons.